The molecule has 4 heterocycles. The number of carbonyl (C=O) groups excluding carboxylic acids is 5. The van der Waals surface area contributed by atoms with Gasteiger partial charge in [0.05, 0.1) is 26.2 Å². The number of hydrogen-bond donors (Lipinski definition) is 2. The first-order valence-electron chi connectivity index (χ1n) is 22.7. The largest absolute Gasteiger partial charge is 0.471 e. The van der Waals surface area contributed by atoms with E-state index in [9.17, 15) is 37.1 Å². The van der Waals surface area contributed by atoms with Crippen molar-refractivity contribution in [1.82, 2.24) is 25.1 Å². The average molecular weight is 955 g/mol. The minimum atomic E-state index is -5.05. The van der Waals surface area contributed by atoms with Gasteiger partial charge in [-0.15, -0.1) is 0 Å². The van der Waals surface area contributed by atoms with Gasteiger partial charge in [-0.25, -0.2) is 19.6 Å². The standard InChI is InChI=1S/C27H26F3N5O3.C25H27N5O2/c28-27(29,30)25(37)32-18-23(36)21-11-9-20(10-12-21)19-35(22-6-2-1-3-7-22)26(38)34-16-14-33(15-17-34)24-8-4-5-13-31-24;26-18-23(31)21-11-9-20(10-12-21)19-30(22-6-2-1-3-7-22)25(32)29-16-14-28(15-17-29)24-8-4-5-13-27-24/h1-13H,14-19H2,(H,32,37);1-13H,14-19,26H2. The molecule has 0 saturated carbocycles. The van der Waals surface area contributed by atoms with Crippen molar-refractivity contribution < 1.29 is 37.1 Å². The van der Waals surface area contributed by atoms with E-state index < -0.39 is 24.4 Å². The molecule has 2 aromatic heterocycles. The molecule has 0 unspecified atom stereocenters. The van der Waals surface area contributed by atoms with Gasteiger partial charge in [-0.3, -0.25) is 24.2 Å². The molecule has 0 bridgehead atoms. The third-order valence-electron chi connectivity index (χ3n) is 11.7. The van der Waals surface area contributed by atoms with Crippen LogP contribution in [-0.4, -0.2) is 121 Å². The Balaban J connectivity index is 0.000000209. The molecule has 18 heteroatoms. The lowest BCUT2D eigenvalue weighted by molar-refractivity contribution is -0.173. The summed E-state index contributed by atoms with van der Waals surface area (Å²) in [5.74, 6) is -1.12. The van der Waals surface area contributed by atoms with Crippen LogP contribution in [0.4, 0.5) is 45.8 Å². The molecule has 0 aliphatic carbocycles. The molecule has 5 amide bonds. The Morgan fingerprint density at radius 3 is 1.26 bits per heavy atom. The normalized spacial score (nSPS) is 13.7. The summed E-state index contributed by atoms with van der Waals surface area (Å²) in [4.78, 5) is 82.3. The van der Waals surface area contributed by atoms with Crippen LogP contribution in [0.3, 0.4) is 0 Å². The van der Waals surface area contributed by atoms with Gasteiger partial charge in [-0.05, 0) is 59.7 Å². The quantitative estimate of drug-likeness (QED) is 0.114. The zero-order valence-electron chi connectivity index (χ0n) is 38.3. The number of Topliss-reactive ketones (excluding diaryl/α,β-unsaturated/α-hetero) is 2. The van der Waals surface area contributed by atoms with Gasteiger partial charge in [0, 0.05) is 87.3 Å². The van der Waals surface area contributed by atoms with Gasteiger partial charge in [0.2, 0.25) is 0 Å². The molecule has 8 rings (SSSR count). The smallest absolute Gasteiger partial charge is 0.353 e. The van der Waals surface area contributed by atoms with Crippen molar-refractivity contribution in [3.05, 3.63) is 180 Å². The molecular formula is C52H53F3N10O5. The highest BCUT2D eigenvalue weighted by molar-refractivity contribution is 6.00. The Morgan fingerprint density at radius 1 is 0.514 bits per heavy atom. The molecule has 0 spiro atoms. The highest BCUT2D eigenvalue weighted by Gasteiger charge is 2.38. The highest BCUT2D eigenvalue weighted by Crippen LogP contribution is 2.24. The number of halogens is 3. The number of nitrogens with zero attached hydrogens (tertiary/aromatic N) is 8. The predicted molar refractivity (Wildman–Crippen MR) is 262 cm³/mol. The van der Waals surface area contributed by atoms with Crippen molar-refractivity contribution in [2.24, 2.45) is 5.73 Å². The fourth-order valence-corrected chi connectivity index (χ4v) is 7.87. The molecule has 2 saturated heterocycles. The van der Waals surface area contributed by atoms with E-state index in [2.05, 4.69) is 19.8 Å². The number of alkyl halides is 3. The number of ketones is 2. The van der Waals surface area contributed by atoms with Crippen LogP contribution in [0.1, 0.15) is 31.8 Å². The SMILES string of the molecule is NCC(=O)c1ccc(CN(C(=O)N2CCN(c3ccccn3)CC2)c2ccccc2)cc1.O=C(CNC(=O)C(F)(F)F)c1ccc(CN(C(=O)N2CCN(c3ccccn3)CC2)c2ccccc2)cc1. The number of hydrogen-bond acceptors (Lipinski definition) is 10. The fourth-order valence-electron chi connectivity index (χ4n) is 7.87. The van der Waals surface area contributed by atoms with Crippen molar-refractivity contribution in [1.29, 1.82) is 0 Å². The maximum atomic E-state index is 13.6. The van der Waals surface area contributed by atoms with Gasteiger partial charge in [0.1, 0.15) is 11.6 Å². The van der Waals surface area contributed by atoms with E-state index in [-0.39, 0.29) is 36.5 Å². The Labute approximate surface area is 403 Å². The molecule has 15 nitrogen and oxygen atoms in total. The third-order valence-corrected chi connectivity index (χ3v) is 11.7. The first-order valence-corrected chi connectivity index (χ1v) is 22.7. The molecule has 362 valence electrons. The van der Waals surface area contributed by atoms with E-state index in [1.807, 2.05) is 114 Å². The summed E-state index contributed by atoms with van der Waals surface area (Å²) in [5.41, 5.74) is 9.41. The number of pyridine rings is 2. The lowest BCUT2D eigenvalue weighted by Crippen LogP contribution is -2.53. The Kier molecular flexibility index (Phi) is 16.9. The molecule has 4 aromatic carbocycles. The summed E-state index contributed by atoms with van der Waals surface area (Å²) in [6, 6.07) is 43.8. The van der Waals surface area contributed by atoms with Gasteiger partial charge < -0.3 is 30.7 Å². The number of anilines is 4. The second kappa shape index (κ2) is 23.7. The first-order chi connectivity index (χ1) is 33.9. The van der Waals surface area contributed by atoms with Crippen LogP contribution >= 0.6 is 0 Å². The van der Waals surface area contributed by atoms with E-state index in [1.165, 1.54) is 12.1 Å². The van der Waals surface area contributed by atoms with Gasteiger partial charge in [0.25, 0.3) is 0 Å². The second-order valence-electron chi connectivity index (χ2n) is 16.4. The molecule has 3 N–H and O–H groups in total. The summed E-state index contributed by atoms with van der Waals surface area (Å²) in [5, 5.41) is 1.57. The van der Waals surface area contributed by atoms with Gasteiger partial charge in [-0.1, -0.05) is 97.1 Å². The van der Waals surface area contributed by atoms with Crippen LogP contribution in [-0.2, 0) is 17.9 Å². The highest BCUT2D eigenvalue weighted by atomic mass is 19.4. The topological polar surface area (TPSA) is 169 Å². The van der Waals surface area contributed by atoms with E-state index in [4.69, 9.17) is 5.73 Å². The minimum absolute atomic E-state index is 0.0154. The minimum Gasteiger partial charge on any atom is -0.353 e. The number of nitrogens with one attached hydrogen (secondary N) is 1. The number of rotatable bonds is 13. The Bertz CT molecular complexity index is 2650. The number of nitrogens with two attached hydrogens (primary N) is 1. The predicted octanol–water partition coefficient (Wildman–Crippen LogP) is 7.06. The van der Waals surface area contributed by atoms with Crippen LogP contribution in [0.15, 0.2) is 158 Å². The summed E-state index contributed by atoms with van der Waals surface area (Å²) in [6.07, 6.45) is -1.53. The molecule has 2 aliphatic heterocycles. The first kappa shape index (κ1) is 49.8. The molecule has 6 aromatic rings. The van der Waals surface area contributed by atoms with Crippen molar-refractivity contribution >= 4 is 52.5 Å². The molecule has 2 aliphatic rings. The van der Waals surface area contributed by atoms with Crippen LogP contribution in [0, 0.1) is 0 Å². The van der Waals surface area contributed by atoms with E-state index in [1.54, 1.807) is 56.7 Å². The van der Waals surface area contributed by atoms with Crippen LogP contribution in [0.5, 0.6) is 0 Å². The molecule has 2 fully saturated rings. The number of aromatic nitrogens is 2. The average Bonchev–Trinajstić information content (AvgIpc) is 3.41. The maximum absolute atomic E-state index is 13.6. The second-order valence-corrected chi connectivity index (χ2v) is 16.4. The number of urea groups is 2. The molecular weight excluding hydrogens is 902 g/mol. The van der Waals surface area contributed by atoms with Crippen molar-refractivity contribution in [2.75, 3.05) is 85.0 Å². The number of para-hydroxylation sites is 2. The summed E-state index contributed by atoms with van der Waals surface area (Å²) in [7, 11) is 0. The summed E-state index contributed by atoms with van der Waals surface area (Å²) < 4.78 is 37.0. The zero-order valence-corrected chi connectivity index (χ0v) is 38.3. The zero-order chi connectivity index (χ0) is 49.5. The van der Waals surface area contributed by atoms with Gasteiger partial charge in [0.15, 0.2) is 11.6 Å². The van der Waals surface area contributed by atoms with E-state index in [0.717, 1.165) is 41.5 Å². The number of amides is 5. The Hall–Kier alpha value is -8.12. The molecule has 70 heavy (non-hydrogen) atoms. The lowest BCUT2D eigenvalue weighted by Gasteiger charge is -2.38. The van der Waals surface area contributed by atoms with Crippen molar-refractivity contribution in [3.63, 3.8) is 0 Å². The third kappa shape index (κ3) is 13.3. The van der Waals surface area contributed by atoms with Crippen LogP contribution < -0.4 is 30.7 Å². The van der Waals surface area contributed by atoms with Crippen LogP contribution in [0.25, 0.3) is 0 Å². The summed E-state index contributed by atoms with van der Waals surface area (Å²) in [6.45, 7) is 4.93. The van der Waals surface area contributed by atoms with Crippen molar-refractivity contribution in [2.45, 2.75) is 19.3 Å². The number of benzene rings is 4. The van der Waals surface area contributed by atoms with Crippen molar-refractivity contribution in [3.8, 4) is 0 Å². The van der Waals surface area contributed by atoms with E-state index in [0.29, 0.717) is 57.1 Å². The van der Waals surface area contributed by atoms with E-state index >= 15 is 0 Å². The molecule has 0 atom stereocenters. The monoisotopic (exact) mass is 954 g/mol. The summed E-state index contributed by atoms with van der Waals surface area (Å²) >= 11 is 0. The number of piperazine rings is 2. The lowest BCUT2D eigenvalue weighted by atomic mass is 10.1. The fraction of sp³-hybridized carbons (Fsp3) is 0.250. The Morgan fingerprint density at radius 2 is 0.900 bits per heavy atom. The molecule has 0 radical (unpaired) electrons. The van der Waals surface area contributed by atoms with Gasteiger partial charge >= 0.3 is 24.1 Å². The van der Waals surface area contributed by atoms with Crippen LogP contribution in [0.2, 0.25) is 0 Å². The maximum Gasteiger partial charge on any atom is 0.471 e. The van der Waals surface area contributed by atoms with Gasteiger partial charge in [-0.2, -0.15) is 13.2 Å². The number of carbonyl (C=O) groups is 5.